The number of hydrogen-bond donors (Lipinski definition) is 0. The molecule has 0 N–H and O–H groups in total. The average Bonchev–Trinajstić information content (AvgIpc) is 3.35. The third-order valence-corrected chi connectivity index (χ3v) is 3.71. The smallest absolute Gasteiger partial charge is 0.414 e. The number of likely N-dealkylation sites (N-methyl/N-ethyl adjacent to an activating group) is 1. The van der Waals surface area contributed by atoms with Crippen molar-refractivity contribution in [3.05, 3.63) is 46.8 Å². The zero-order valence-corrected chi connectivity index (χ0v) is 12.5. The van der Waals surface area contributed by atoms with Crippen molar-refractivity contribution < 1.29 is 19.1 Å². The van der Waals surface area contributed by atoms with Gasteiger partial charge in [0, 0.05) is 31.3 Å². The Bertz CT molecular complexity index is 704. The lowest BCUT2D eigenvalue weighted by molar-refractivity contribution is 0.0903. The van der Waals surface area contributed by atoms with Crippen molar-refractivity contribution in [3.8, 4) is 0 Å². The van der Waals surface area contributed by atoms with Crippen LogP contribution in [0.4, 0.5) is 4.79 Å². The van der Waals surface area contributed by atoms with Crippen LogP contribution < -0.4 is 0 Å². The minimum absolute atomic E-state index is 0.0969. The lowest BCUT2D eigenvalue weighted by Crippen LogP contribution is -2.37. The van der Waals surface area contributed by atoms with E-state index in [9.17, 15) is 14.4 Å². The molecule has 1 amide bonds. The first kappa shape index (κ1) is 14.3. The normalized spacial score (nSPS) is 16.5. The molecule has 1 heterocycles. The van der Waals surface area contributed by atoms with Crippen LogP contribution in [0.3, 0.4) is 0 Å². The van der Waals surface area contributed by atoms with Crippen LogP contribution in [0.2, 0.25) is 0 Å². The number of allylic oxidation sites excluding steroid dienone is 2. The Balaban J connectivity index is 2.11. The van der Waals surface area contributed by atoms with Crippen LogP contribution in [0.5, 0.6) is 0 Å². The quantitative estimate of drug-likeness (QED) is 0.795. The van der Waals surface area contributed by atoms with Gasteiger partial charge in [-0.3, -0.25) is 14.5 Å². The topological polar surface area (TPSA) is 66.7 Å². The number of carbonyl (C=O) groups is 3. The number of ketones is 2. The highest BCUT2D eigenvalue weighted by molar-refractivity contribution is 6.27. The maximum absolute atomic E-state index is 12.8. The standard InChI is InChI=1S/C16H16N2O4/c1-3-22-16(21)17(2)12-13(18-8-9-18)15(20)11-7-5-4-6-10(11)14(12)19/h4-7H,3,8-9H2,1-2H3. The van der Waals surface area contributed by atoms with Crippen LogP contribution in [0.25, 0.3) is 0 Å². The predicted molar refractivity (Wildman–Crippen MR) is 78.5 cm³/mol. The van der Waals surface area contributed by atoms with Gasteiger partial charge in [-0.2, -0.15) is 0 Å². The Kier molecular flexibility index (Phi) is 3.44. The molecule has 0 spiro atoms. The largest absolute Gasteiger partial charge is 0.449 e. The highest BCUT2D eigenvalue weighted by Gasteiger charge is 2.41. The molecule has 0 aromatic heterocycles. The Morgan fingerprint density at radius 3 is 2.32 bits per heavy atom. The molecule has 1 fully saturated rings. The van der Waals surface area contributed by atoms with E-state index in [4.69, 9.17) is 4.74 Å². The van der Waals surface area contributed by atoms with Gasteiger partial charge in [0.15, 0.2) is 0 Å². The summed E-state index contributed by atoms with van der Waals surface area (Å²) in [6.07, 6.45) is -0.641. The van der Waals surface area contributed by atoms with Crippen molar-refractivity contribution >= 4 is 17.7 Å². The number of amides is 1. The molecule has 2 aliphatic rings. The summed E-state index contributed by atoms with van der Waals surface area (Å²) in [6, 6.07) is 6.67. The number of fused-ring (bicyclic) bond motifs is 1. The van der Waals surface area contributed by atoms with E-state index in [-0.39, 0.29) is 23.9 Å². The molecule has 3 rings (SSSR count). The van der Waals surface area contributed by atoms with Crippen molar-refractivity contribution in [2.45, 2.75) is 6.92 Å². The van der Waals surface area contributed by atoms with Gasteiger partial charge in [0.05, 0.1) is 6.61 Å². The first-order valence-corrected chi connectivity index (χ1v) is 7.14. The molecular formula is C16H16N2O4. The highest BCUT2D eigenvalue weighted by Crippen LogP contribution is 2.32. The Morgan fingerprint density at radius 2 is 1.77 bits per heavy atom. The number of nitrogens with zero attached hydrogens (tertiary/aromatic N) is 2. The first-order chi connectivity index (χ1) is 10.6. The van der Waals surface area contributed by atoms with E-state index < -0.39 is 6.09 Å². The van der Waals surface area contributed by atoms with Crippen molar-refractivity contribution in [2.75, 3.05) is 26.7 Å². The van der Waals surface area contributed by atoms with Gasteiger partial charge in [-0.15, -0.1) is 0 Å². The molecule has 114 valence electrons. The van der Waals surface area contributed by atoms with Crippen molar-refractivity contribution in [2.24, 2.45) is 0 Å². The van der Waals surface area contributed by atoms with Gasteiger partial charge in [-0.25, -0.2) is 4.79 Å². The molecule has 1 aromatic rings. The zero-order valence-electron chi connectivity index (χ0n) is 12.5. The second kappa shape index (κ2) is 5.29. The maximum atomic E-state index is 12.8. The fourth-order valence-electron chi connectivity index (χ4n) is 2.54. The molecule has 1 aromatic carbocycles. The minimum atomic E-state index is -0.641. The summed E-state index contributed by atoms with van der Waals surface area (Å²) in [6.45, 7) is 3.30. The highest BCUT2D eigenvalue weighted by atomic mass is 16.6. The van der Waals surface area contributed by atoms with E-state index >= 15 is 0 Å². The summed E-state index contributed by atoms with van der Waals surface area (Å²) in [5, 5.41) is 0. The molecule has 0 bridgehead atoms. The van der Waals surface area contributed by atoms with Gasteiger partial charge in [-0.1, -0.05) is 24.3 Å². The first-order valence-electron chi connectivity index (χ1n) is 7.14. The molecule has 0 saturated carbocycles. The zero-order chi connectivity index (χ0) is 15.9. The van der Waals surface area contributed by atoms with E-state index in [0.717, 1.165) is 4.90 Å². The Labute approximate surface area is 127 Å². The molecule has 22 heavy (non-hydrogen) atoms. The van der Waals surface area contributed by atoms with Gasteiger partial charge >= 0.3 is 6.09 Å². The second-order valence-electron chi connectivity index (χ2n) is 5.15. The number of hydrogen-bond acceptors (Lipinski definition) is 5. The van der Waals surface area contributed by atoms with Crippen molar-refractivity contribution in [1.82, 2.24) is 9.80 Å². The molecule has 0 unspecified atom stereocenters. The van der Waals surface area contributed by atoms with Crippen LogP contribution in [0, 0.1) is 0 Å². The van der Waals surface area contributed by atoms with Crippen molar-refractivity contribution in [1.29, 1.82) is 0 Å². The summed E-state index contributed by atoms with van der Waals surface area (Å²) < 4.78 is 4.95. The Morgan fingerprint density at radius 1 is 1.18 bits per heavy atom. The van der Waals surface area contributed by atoms with Crippen LogP contribution >= 0.6 is 0 Å². The second-order valence-corrected chi connectivity index (χ2v) is 5.15. The van der Waals surface area contributed by atoms with Crippen molar-refractivity contribution in [3.63, 3.8) is 0 Å². The minimum Gasteiger partial charge on any atom is -0.449 e. The third-order valence-electron chi connectivity index (χ3n) is 3.71. The van der Waals surface area contributed by atoms with E-state index in [2.05, 4.69) is 0 Å². The molecule has 6 nitrogen and oxygen atoms in total. The monoisotopic (exact) mass is 300 g/mol. The van der Waals surface area contributed by atoms with Gasteiger partial charge < -0.3 is 9.64 Å². The molecule has 1 aliphatic heterocycles. The van der Waals surface area contributed by atoms with E-state index in [1.165, 1.54) is 7.05 Å². The fourth-order valence-corrected chi connectivity index (χ4v) is 2.54. The van der Waals surface area contributed by atoms with E-state index in [0.29, 0.717) is 29.9 Å². The summed E-state index contributed by atoms with van der Waals surface area (Å²) >= 11 is 0. The van der Waals surface area contributed by atoms with Gasteiger partial charge in [-0.05, 0) is 6.92 Å². The summed E-state index contributed by atoms with van der Waals surface area (Å²) in [5.41, 5.74) is 1.10. The molecule has 0 radical (unpaired) electrons. The van der Waals surface area contributed by atoms with Gasteiger partial charge in [0.25, 0.3) is 0 Å². The van der Waals surface area contributed by atoms with Crippen LogP contribution in [0.1, 0.15) is 27.6 Å². The molecule has 0 atom stereocenters. The van der Waals surface area contributed by atoms with Gasteiger partial charge in [0.1, 0.15) is 11.4 Å². The number of carbonyl (C=O) groups excluding carboxylic acids is 3. The number of Topliss-reactive ketones (excluding diaryl/α,β-unsaturated/α-hetero) is 2. The summed E-state index contributed by atoms with van der Waals surface area (Å²) in [5.74, 6) is -0.550. The summed E-state index contributed by atoms with van der Waals surface area (Å²) in [7, 11) is 1.45. The van der Waals surface area contributed by atoms with E-state index in [1.54, 1.807) is 36.1 Å². The van der Waals surface area contributed by atoms with Crippen LogP contribution in [-0.2, 0) is 4.74 Å². The summed E-state index contributed by atoms with van der Waals surface area (Å²) in [4.78, 5) is 40.4. The van der Waals surface area contributed by atoms with Gasteiger partial charge in [0.2, 0.25) is 11.6 Å². The lowest BCUT2D eigenvalue weighted by Gasteiger charge is -2.27. The van der Waals surface area contributed by atoms with E-state index in [1.807, 2.05) is 0 Å². The maximum Gasteiger partial charge on any atom is 0.414 e. The molecule has 1 saturated heterocycles. The fraction of sp³-hybridized carbons (Fsp3) is 0.312. The Hall–Kier alpha value is -2.63. The lowest BCUT2D eigenvalue weighted by atomic mass is 9.90. The number of ether oxygens (including phenoxy) is 1. The molecule has 6 heteroatoms. The molecular weight excluding hydrogens is 284 g/mol. The SMILES string of the molecule is CCOC(=O)N(C)C1=C(N2CC2)C(=O)c2ccccc2C1=O. The average molecular weight is 300 g/mol. The van der Waals surface area contributed by atoms with Crippen LogP contribution in [0.15, 0.2) is 35.7 Å². The number of benzene rings is 1. The third kappa shape index (κ3) is 2.16. The number of rotatable bonds is 3. The van der Waals surface area contributed by atoms with Crippen LogP contribution in [-0.4, -0.2) is 54.2 Å². The predicted octanol–water partition coefficient (Wildman–Crippen LogP) is 1.68. The molecule has 1 aliphatic carbocycles.